The Morgan fingerprint density at radius 1 is 1.03 bits per heavy atom. The summed E-state index contributed by atoms with van der Waals surface area (Å²) in [7, 11) is 0. The van der Waals surface area contributed by atoms with Crippen LogP contribution in [0.1, 0.15) is 18.4 Å². The molecule has 1 aliphatic rings. The highest BCUT2D eigenvalue weighted by atomic mass is 19.1. The Kier molecular flexibility index (Phi) is 5.69. The predicted octanol–water partition coefficient (Wildman–Crippen LogP) is 5.48. The van der Waals surface area contributed by atoms with E-state index in [4.69, 9.17) is 4.42 Å². The fraction of sp³-hybridized carbons (Fsp3) is 0.231. The zero-order chi connectivity index (χ0) is 21.9. The first-order chi connectivity index (χ1) is 15.6. The Bertz CT molecular complexity index is 1190. The number of benzene rings is 3. The number of anilines is 1. The molecular weight excluding hydrogens is 405 g/mol. The van der Waals surface area contributed by atoms with Crippen LogP contribution in [-0.2, 0) is 11.3 Å². The largest absolute Gasteiger partial charge is 0.436 e. The molecule has 5 nitrogen and oxygen atoms in total. The zero-order valence-corrected chi connectivity index (χ0v) is 17.6. The quantitative estimate of drug-likeness (QED) is 0.456. The van der Waals surface area contributed by atoms with Crippen LogP contribution < -0.4 is 5.32 Å². The van der Waals surface area contributed by atoms with Crippen molar-refractivity contribution in [3.05, 3.63) is 84.2 Å². The molecule has 2 heterocycles. The third kappa shape index (κ3) is 4.55. The van der Waals surface area contributed by atoms with Gasteiger partial charge >= 0.3 is 0 Å². The number of carbonyl (C=O) groups is 1. The van der Waals surface area contributed by atoms with E-state index in [1.165, 1.54) is 6.07 Å². The normalized spacial score (nSPS) is 15.2. The topological polar surface area (TPSA) is 58.4 Å². The molecule has 1 amide bonds. The van der Waals surface area contributed by atoms with Gasteiger partial charge in [0.2, 0.25) is 11.8 Å². The Morgan fingerprint density at radius 2 is 1.81 bits per heavy atom. The van der Waals surface area contributed by atoms with E-state index in [1.54, 1.807) is 12.1 Å². The number of nitrogens with one attached hydrogen (secondary N) is 1. The highest BCUT2D eigenvalue weighted by Crippen LogP contribution is 2.26. The fourth-order valence-electron chi connectivity index (χ4n) is 4.18. The molecule has 0 aliphatic carbocycles. The summed E-state index contributed by atoms with van der Waals surface area (Å²) in [5.41, 5.74) is 4.17. The zero-order valence-electron chi connectivity index (χ0n) is 17.6. The molecule has 6 heteroatoms. The number of hydrogen-bond acceptors (Lipinski definition) is 4. The maximum absolute atomic E-state index is 13.4. The van der Waals surface area contributed by atoms with E-state index in [1.807, 2.05) is 54.6 Å². The monoisotopic (exact) mass is 429 g/mol. The number of carbonyl (C=O) groups excluding carboxylic acids is 1. The van der Waals surface area contributed by atoms with E-state index in [-0.39, 0.29) is 17.6 Å². The SMILES string of the molecule is O=C(Nc1ccc(-c2nc3ccccc3o2)cc1)C1CCN(Cc2cccc(F)c2)CC1. The summed E-state index contributed by atoms with van der Waals surface area (Å²) in [6, 6.07) is 21.9. The molecule has 1 fully saturated rings. The third-order valence-electron chi connectivity index (χ3n) is 5.95. The van der Waals surface area contributed by atoms with Crippen LogP contribution in [0.25, 0.3) is 22.6 Å². The third-order valence-corrected chi connectivity index (χ3v) is 5.95. The summed E-state index contributed by atoms with van der Waals surface area (Å²) in [5, 5.41) is 3.03. The van der Waals surface area contributed by atoms with Crippen molar-refractivity contribution < 1.29 is 13.6 Å². The van der Waals surface area contributed by atoms with Crippen molar-refractivity contribution >= 4 is 22.7 Å². The van der Waals surface area contributed by atoms with E-state index in [2.05, 4.69) is 15.2 Å². The number of oxazole rings is 1. The van der Waals surface area contributed by atoms with Gasteiger partial charge in [0.1, 0.15) is 11.3 Å². The first-order valence-corrected chi connectivity index (χ1v) is 10.9. The summed E-state index contributed by atoms with van der Waals surface area (Å²) in [6.07, 6.45) is 1.59. The highest BCUT2D eigenvalue weighted by molar-refractivity contribution is 5.92. The van der Waals surface area contributed by atoms with Crippen LogP contribution in [0.5, 0.6) is 0 Å². The van der Waals surface area contributed by atoms with Crippen LogP contribution in [0.15, 0.2) is 77.2 Å². The average molecular weight is 429 g/mol. The van der Waals surface area contributed by atoms with Gasteiger partial charge in [-0.25, -0.2) is 9.37 Å². The second-order valence-electron chi connectivity index (χ2n) is 8.23. The molecule has 1 aliphatic heterocycles. The van der Waals surface area contributed by atoms with E-state index < -0.39 is 0 Å². The van der Waals surface area contributed by atoms with Gasteiger partial charge in [-0.2, -0.15) is 0 Å². The minimum Gasteiger partial charge on any atom is -0.436 e. The number of aromatic nitrogens is 1. The van der Waals surface area contributed by atoms with E-state index >= 15 is 0 Å². The summed E-state index contributed by atoms with van der Waals surface area (Å²) in [4.78, 5) is 19.5. The van der Waals surface area contributed by atoms with Gasteiger partial charge in [0, 0.05) is 23.7 Å². The van der Waals surface area contributed by atoms with Crippen molar-refractivity contribution in [2.45, 2.75) is 19.4 Å². The molecule has 0 atom stereocenters. The number of nitrogens with zero attached hydrogens (tertiary/aromatic N) is 2. The summed E-state index contributed by atoms with van der Waals surface area (Å²) in [5.74, 6) is 0.383. The maximum atomic E-state index is 13.4. The number of likely N-dealkylation sites (tertiary alicyclic amines) is 1. The molecule has 0 bridgehead atoms. The molecule has 32 heavy (non-hydrogen) atoms. The van der Waals surface area contributed by atoms with Gasteiger partial charge in [-0.15, -0.1) is 0 Å². The molecule has 1 aromatic heterocycles. The second-order valence-corrected chi connectivity index (χ2v) is 8.23. The molecule has 0 radical (unpaired) electrons. The van der Waals surface area contributed by atoms with E-state index in [0.29, 0.717) is 12.4 Å². The molecule has 5 rings (SSSR count). The smallest absolute Gasteiger partial charge is 0.227 e. The fourth-order valence-corrected chi connectivity index (χ4v) is 4.18. The van der Waals surface area contributed by atoms with Crippen molar-refractivity contribution in [3.8, 4) is 11.5 Å². The van der Waals surface area contributed by atoms with Crippen LogP contribution >= 0.6 is 0 Å². The molecule has 0 unspecified atom stereocenters. The van der Waals surface area contributed by atoms with Gasteiger partial charge < -0.3 is 9.73 Å². The van der Waals surface area contributed by atoms with Crippen molar-refractivity contribution in [1.29, 1.82) is 0 Å². The Morgan fingerprint density at radius 3 is 2.56 bits per heavy atom. The molecular formula is C26H24FN3O2. The molecule has 1 saturated heterocycles. The number of rotatable bonds is 5. The first kappa shape index (κ1) is 20.4. The minimum absolute atomic E-state index is 0.0181. The lowest BCUT2D eigenvalue weighted by molar-refractivity contribution is -0.121. The average Bonchev–Trinajstić information content (AvgIpc) is 3.24. The van der Waals surface area contributed by atoms with Crippen molar-refractivity contribution in [2.75, 3.05) is 18.4 Å². The summed E-state index contributed by atoms with van der Waals surface area (Å²) in [6.45, 7) is 2.36. The van der Waals surface area contributed by atoms with Crippen molar-refractivity contribution in [1.82, 2.24) is 9.88 Å². The predicted molar refractivity (Wildman–Crippen MR) is 122 cm³/mol. The standard InChI is InChI=1S/C26H24FN3O2/c27-21-5-3-4-18(16-21)17-30-14-12-19(13-15-30)25(31)28-22-10-8-20(9-11-22)26-29-23-6-1-2-7-24(23)32-26/h1-11,16,19H,12-15,17H2,(H,28,31). The number of halogens is 1. The Labute approximate surface area is 185 Å². The first-order valence-electron chi connectivity index (χ1n) is 10.9. The van der Waals surface area contributed by atoms with Crippen molar-refractivity contribution in [2.24, 2.45) is 5.92 Å². The molecule has 3 aromatic carbocycles. The van der Waals surface area contributed by atoms with Crippen LogP contribution in [0, 0.1) is 11.7 Å². The van der Waals surface area contributed by atoms with Gasteiger partial charge in [-0.3, -0.25) is 9.69 Å². The van der Waals surface area contributed by atoms with Crippen LogP contribution in [0.2, 0.25) is 0 Å². The van der Waals surface area contributed by atoms with Gasteiger partial charge in [0.25, 0.3) is 0 Å². The maximum Gasteiger partial charge on any atom is 0.227 e. The molecule has 1 N–H and O–H groups in total. The van der Waals surface area contributed by atoms with Gasteiger partial charge in [-0.1, -0.05) is 24.3 Å². The van der Waals surface area contributed by atoms with Gasteiger partial charge in [0.15, 0.2) is 5.58 Å². The number of amides is 1. The molecule has 0 saturated carbocycles. The Hall–Kier alpha value is -3.51. The highest BCUT2D eigenvalue weighted by Gasteiger charge is 2.25. The number of fused-ring (bicyclic) bond motifs is 1. The van der Waals surface area contributed by atoms with Gasteiger partial charge in [0.05, 0.1) is 0 Å². The lowest BCUT2D eigenvalue weighted by atomic mass is 9.95. The van der Waals surface area contributed by atoms with E-state index in [0.717, 1.165) is 53.8 Å². The van der Waals surface area contributed by atoms with Crippen LogP contribution in [0.4, 0.5) is 10.1 Å². The second kappa shape index (κ2) is 8.93. The van der Waals surface area contributed by atoms with Crippen molar-refractivity contribution in [3.63, 3.8) is 0 Å². The van der Waals surface area contributed by atoms with Gasteiger partial charge in [-0.05, 0) is 80.0 Å². The minimum atomic E-state index is -0.209. The van der Waals surface area contributed by atoms with Crippen LogP contribution in [0.3, 0.4) is 0 Å². The molecule has 162 valence electrons. The number of piperidine rings is 1. The van der Waals surface area contributed by atoms with Crippen LogP contribution in [-0.4, -0.2) is 28.9 Å². The molecule has 0 spiro atoms. The van der Waals surface area contributed by atoms with E-state index in [9.17, 15) is 9.18 Å². The number of hydrogen-bond donors (Lipinski definition) is 1. The lowest BCUT2D eigenvalue weighted by Crippen LogP contribution is -2.37. The number of para-hydroxylation sites is 2. The Balaban J connectivity index is 1.16. The molecule has 4 aromatic rings. The summed E-state index contributed by atoms with van der Waals surface area (Å²) >= 11 is 0. The summed E-state index contributed by atoms with van der Waals surface area (Å²) < 4.78 is 19.2. The lowest BCUT2D eigenvalue weighted by Gasteiger charge is -2.31.